The molecule has 6 nitrogen and oxygen atoms in total. The SMILES string of the molecule is CCOC(=O)[C@@](O)(c1ccc(NC(NC(=O)c2ccc(C)cc2)(C(F)(F)F)C(F)(F)F)cc1)C(F)(F)F. The van der Waals surface area contributed by atoms with Crippen molar-refractivity contribution in [3.63, 3.8) is 0 Å². The summed E-state index contributed by atoms with van der Waals surface area (Å²) in [6.45, 7) is 2.13. The average Bonchev–Trinajstić information content (AvgIpc) is 2.76. The fourth-order valence-electron chi connectivity index (χ4n) is 3.07. The van der Waals surface area contributed by atoms with E-state index in [0.29, 0.717) is 17.7 Å². The summed E-state index contributed by atoms with van der Waals surface area (Å²) in [5.41, 5.74) is -11.6. The summed E-state index contributed by atoms with van der Waals surface area (Å²) in [4.78, 5) is 24.1. The topological polar surface area (TPSA) is 87.7 Å². The zero-order chi connectivity index (χ0) is 28.4. The summed E-state index contributed by atoms with van der Waals surface area (Å²) >= 11 is 0. The molecule has 37 heavy (non-hydrogen) atoms. The Hall–Kier alpha value is -3.49. The van der Waals surface area contributed by atoms with Crippen LogP contribution in [0.15, 0.2) is 48.5 Å². The summed E-state index contributed by atoms with van der Waals surface area (Å²) in [7, 11) is 0. The molecule has 2 rings (SSSR count). The first-order chi connectivity index (χ1) is 16.8. The van der Waals surface area contributed by atoms with Crippen molar-refractivity contribution in [3.8, 4) is 0 Å². The molecule has 0 saturated heterocycles. The maximum atomic E-state index is 13.9. The molecule has 0 unspecified atom stereocenters. The first kappa shape index (κ1) is 29.7. The molecule has 0 fully saturated rings. The Morgan fingerprint density at radius 3 is 1.70 bits per heavy atom. The predicted octanol–water partition coefficient (Wildman–Crippen LogP) is 4.97. The van der Waals surface area contributed by atoms with E-state index >= 15 is 0 Å². The maximum Gasteiger partial charge on any atom is 0.439 e. The van der Waals surface area contributed by atoms with E-state index in [9.17, 15) is 54.2 Å². The molecule has 2 aromatic carbocycles. The zero-order valence-electron chi connectivity index (χ0n) is 18.9. The van der Waals surface area contributed by atoms with E-state index in [-0.39, 0.29) is 12.1 Å². The second-order valence-corrected chi connectivity index (χ2v) is 7.70. The molecule has 0 saturated carbocycles. The van der Waals surface area contributed by atoms with Gasteiger partial charge in [0.15, 0.2) is 0 Å². The van der Waals surface area contributed by atoms with Crippen molar-refractivity contribution in [2.24, 2.45) is 0 Å². The van der Waals surface area contributed by atoms with E-state index in [2.05, 4.69) is 4.74 Å². The van der Waals surface area contributed by atoms with Crippen molar-refractivity contribution in [2.45, 2.75) is 43.6 Å². The van der Waals surface area contributed by atoms with Crippen molar-refractivity contribution >= 4 is 17.6 Å². The van der Waals surface area contributed by atoms with Crippen LogP contribution in [-0.4, -0.2) is 47.8 Å². The van der Waals surface area contributed by atoms with Gasteiger partial charge in [0.05, 0.1) is 6.61 Å². The number of carbonyl (C=O) groups is 2. The van der Waals surface area contributed by atoms with Gasteiger partial charge in [0.25, 0.3) is 11.5 Å². The second-order valence-electron chi connectivity index (χ2n) is 7.70. The van der Waals surface area contributed by atoms with Gasteiger partial charge in [-0.05, 0) is 38.1 Å². The number of nitrogens with one attached hydrogen (secondary N) is 2. The number of anilines is 1. The summed E-state index contributed by atoms with van der Waals surface area (Å²) in [6.07, 6.45) is -18.1. The standard InChI is InChI=1S/C22H19F9N2O4/c1-3-37-17(35)18(36,20(23,24)25)14-8-10-15(11-9-14)32-19(21(26,27)28,22(29,30)31)33-16(34)13-6-4-12(2)5-7-13/h4-11,32,36H,3H2,1-2H3,(H,33,34)/t18-/m0/s1. The number of alkyl halides is 9. The van der Waals surface area contributed by atoms with Crippen LogP contribution in [0, 0.1) is 6.92 Å². The molecule has 0 radical (unpaired) electrons. The van der Waals surface area contributed by atoms with Gasteiger partial charge < -0.3 is 20.5 Å². The van der Waals surface area contributed by atoms with Crippen LogP contribution in [-0.2, 0) is 15.1 Å². The Kier molecular flexibility index (Phi) is 8.12. The Labute approximate surface area is 203 Å². The molecule has 204 valence electrons. The van der Waals surface area contributed by atoms with Crippen molar-refractivity contribution in [1.82, 2.24) is 5.32 Å². The molecule has 0 spiro atoms. The number of halogens is 9. The molecule has 2 aromatic rings. The Balaban J connectivity index is 2.54. The molecular formula is C22H19F9N2O4. The number of hydrogen-bond donors (Lipinski definition) is 3. The predicted molar refractivity (Wildman–Crippen MR) is 110 cm³/mol. The second kappa shape index (κ2) is 10.1. The van der Waals surface area contributed by atoms with Crippen molar-refractivity contribution in [2.75, 3.05) is 11.9 Å². The fraction of sp³-hybridized carbons (Fsp3) is 0.364. The molecule has 0 heterocycles. The summed E-state index contributed by atoms with van der Waals surface area (Å²) in [6, 6.07) is 5.75. The fourth-order valence-corrected chi connectivity index (χ4v) is 3.07. The van der Waals surface area contributed by atoms with Crippen LogP contribution in [0.5, 0.6) is 0 Å². The highest BCUT2D eigenvalue weighted by Gasteiger charge is 2.72. The smallest absolute Gasteiger partial charge is 0.439 e. The van der Waals surface area contributed by atoms with Gasteiger partial charge in [0, 0.05) is 16.8 Å². The Morgan fingerprint density at radius 2 is 1.30 bits per heavy atom. The lowest BCUT2D eigenvalue weighted by atomic mass is 9.92. The summed E-state index contributed by atoms with van der Waals surface area (Å²) in [5.74, 6) is -3.92. The third kappa shape index (κ3) is 5.76. The number of hydrogen-bond acceptors (Lipinski definition) is 5. The van der Waals surface area contributed by atoms with Gasteiger partial charge in [-0.2, -0.15) is 39.5 Å². The number of aliphatic hydroxyl groups is 1. The Bertz CT molecular complexity index is 1100. The van der Waals surface area contributed by atoms with E-state index in [4.69, 9.17) is 0 Å². The summed E-state index contributed by atoms with van der Waals surface area (Å²) < 4.78 is 128. The van der Waals surface area contributed by atoms with Crippen molar-refractivity contribution < 1.29 is 58.9 Å². The number of aryl methyl sites for hydroxylation is 1. The minimum atomic E-state index is -6.21. The highest BCUT2D eigenvalue weighted by Crippen LogP contribution is 2.45. The van der Waals surface area contributed by atoms with Crippen LogP contribution in [0.3, 0.4) is 0 Å². The van der Waals surface area contributed by atoms with Gasteiger partial charge in [0.2, 0.25) is 0 Å². The molecule has 0 aliphatic heterocycles. The van der Waals surface area contributed by atoms with Crippen LogP contribution < -0.4 is 10.6 Å². The van der Waals surface area contributed by atoms with Gasteiger partial charge in [-0.3, -0.25) is 4.79 Å². The van der Waals surface area contributed by atoms with Gasteiger partial charge in [-0.1, -0.05) is 29.8 Å². The third-order valence-electron chi connectivity index (χ3n) is 5.08. The van der Waals surface area contributed by atoms with E-state index in [1.807, 2.05) is 0 Å². The molecule has 0 aliphatic rings. The lowest BCUT2D eigenvalue weighted by molar-refractivity contribution is -0.294. The maximum absolute atomic E-state index is 13.9. The van der Waals surface area contributed by atoms with Crippen LogP contribution in [0.25, 0.3) is 0 Å². The van der Waals surface area contributed by atoms with E-state index in [1.165, 1.54) is 12.1 Å². The molecule has 0 aliphatic carbocycles. The molecular weight excluding hydrogens is 527 g/mol. The average molecular weight is 546 g/mol. The minimum Gasteiger partial charge on any atom is -0.463 e. The van der Waals surface area contributed by atoms with Gasteiger partial charge in [-0.15, -0.1) is 0 Å². The highest BCUT2D eigenvalue weighted by molar-refractivity contribution is 5.95. The van der Waals surface area contributed by atoms with Crippen LogP contribution in [0.1, 0.15) is 28.4 Å². The van der Waals surface area contributed by atoms with E-state index in [0.717, 1.165) is 29.7 Å². The van der Waals surface area contributed by atoms with Gasteiger partial charge in [0.1, 0.15) is 0 Å². The van der Waals surface area contributed by atoms with Gasteiger partial charge >= 0.3 is 30.2 Å². The van der Waals surface area contributed by atoms with Crippen molar-refractivity contribution in [1.29, 1.82) is 0 Å². The number of carbonyl (C=O) groups excluding carboxylic acids is 2. The number of benzene rings is 2. The number of esters is 1. The zero-order valence-corrected chi connectivity index (χ0v) is 18.9. The largest absolute Gasteiger partial charge is 0.463 e. The number of ether oxygens (including phenoxy) is 1. The normalized spacial score (nSPS) is 14.5. The van der Waals surface area contributed by atoms with Crippen LogP contribution in [0.2, 0.25) is 0 Å². The molecule has 0 bridgehead atoms. The molecule has 1 atom stereocenters. The number of amides is 1. The van der Waals surface area contributed by atoms with E-state index < -0.39 is 65.1 Å². The first-order valence-electron chi connectivity index (χ1n) is 10.2. The quantitative estimate of drug-likeness (QED) is 0.260. The number of rotatable bonds is 7. The monoisotopic (exact) mass is 546 g/mol. The summed E-state index contributed by atoms with van der Waals surface area (Å²) in [5, 5.41) is 12.0. The highest BCUT2D eigenvalue weighted by atomic mass is 19.4. The van der Waals surface area contributed by atoms with Gasteiger partial charge in [-0.25, -0.2) is 4.79 Å². The Morgan fingerprint density at radius 1 is 0.811 bits per heavy atom. The molecule has 15 heteroatoms. The van der Waals surface area contributed by atoms with E-state index in [1.54, 1.807) is 6.92 Å². The molecule has 3 N–H and O–H groups in total. The minimum absolute atomic E-state index is 0.284. The van der Waals surface area contributed by atoms with Crippen LogP contribution in [0.4, 0.5) is 45.2 Å². The molecule has 1 amide bonds. The third-order valence-corrected chi connectivity index (χ3v) is 5.08. The lowest BCUT2D eigenvalue weighted by Gasteiger charge is -2.39. The first-order valence-corrected chi connectivity index (χ1v) is 10.2. The lowest BCUT2D eigenvalue weighted by Crippen LogP contribution is -2.72. The van der Waals surface area contributed by atoms with Crippen molar-refractivity contribution in [3.05, 3.63) is 65.2 Å². The molecule has 0 aromatic heterocycles. The van der Waals surface area contributed by atoms with Crippen LogP contribution >= 0.6 is 0 Å².